The lowest BCUT2D eigenvalue weighted by molar-refractivity contribution is 0.383. The quantitative estimate of drug-likeness (QED) is 0.407. The topological polar surface area (TPSA) is 4.36 Å². The number of halogens is 1. The molecule has 0 bridgehead atoms. The fourth-order valence-electron chi connectivity index (χ4n) is 1.43. The Kier molecular flexibility index (Phi) is 3.02. The van der Waals surface area contributed by atoms with Crippen molar-refractivity contribution in [3.05, 3.63) is 11.4 Å². The Balaban J connectivity index is 2.21. The molecule has 10 heavy (non-hydrogen) atoms. The van der Waals surface area contributed by atoms with Gasteiger partial charge >= 0.3 is 0 Å². The highest BCUT2D eigenvalue weighted by Gasteiger charge is 2.20. The zero-order valence-electron chi connectivity index (χ0n) is 6.02. The first-order chi connectivity index (χ1) is 4.83. The third-order valence-corrected chi connectivity index (χ3v) is 2.56. The molecule has 0 spiro atoms. The molecule has 0 amide bonds. The van der Waals surface area contributed by atoms with E-state index in [9.17, 15) is 0 Å². The van der Waals surface area contributed by atoms with Crippen molar-refractivity contribution in [3.63, 3.8) is 0 Å². The second kappa shape index (κ2) is 3.83. The Hall–Kier alpha value is -0.220. The lowest BCUT2D eigenvalue weighted by Gasteiger charge is -2.20. The van der Waals surface area contributed by atoms with Crippen molar-refractivity contribution < 1.29 is 0 Å². The van der Waals surface area contributed by atoms with Crippen molar-refractivity contribution in [1.82, 2.24) is 0 Å². The lowest BCUT2D eigenvalue weighted by atomic mass is 9.89. The van der Waals surface area contributed by atoms with Crippen LogP contribution in [0.15, 0.2) is 0 Å². The molecule has 0 aromatic rings. The second-order valence-electron chi connectivity index (χ2n) is 2.96. The number of hydrogen-bond acceptors (Lipinski definition) is 0. The summed E-state index contributed by atoms with van der Waals surface area (Å²) in [6, 6.07) is 0. The molecule has 1 aliphatic carbocycles. The molecule has 0 unspecified atom stereocenters. The summed E-state index contributed by atoms with van der Waals surface area (Å²) in [6.45, 7) is 7.39. The van der Waals surface area contributed by atoms with E-state index in [2.05, 4.69) is 4.85 Å². The van der Waals surface area contributed by atoms with Gasteiger partial charge in [-0.1, -0.05) is 0 Å². The zero-order chi connectivity index (χ0) is 7.40. The molecule has 0 aliphatic heterocycles. The van der Waals surface area contributed by atoms with Gasteiger partial charge in [0.1, 0.15) is 0 Å². The second-order valence-corrected chi connectivity index (χ2v) is 3.58. The van der Waals surface area contributed by atoms with E-state index in [0.29, 0.717) is 17.8 Å². The minimum absolute atomic E-state index is 0.391. The summed E-state index contributed by atoms with van der Waals surface area (Å²) in [5.41, 5.74) is 0. The Morgan fingerprint density at radius 1 is 1.30 bits per heavy atom. The summed E-state index contributed by atoms with van der Waals surface area (Å²) in [5.74, 6) is 0.646. The molecule has 0 aromatic heterocycles. The van der Waals surface area contributed by atoms with Gasteiger partial charge in [0.25, 0.3) is 0 Å². The van der Waals surface area contributed by atoms with Crippen molar-refractivity contribution in [3.8, 4) is 0 Å². The van der Waals surface area contributed by atoms with E-state index in [1.807, 2.05) is 0 Å². The van der Waals surface area contributed by atoms with Crippen LogP contribution in [0, 0.1) is 12.5 Å². The Morgan fingerprint density at radius 3 is 2.40 bits per heavy atom. The highest BCUT2D eigenvalue weighted by Crippen LogP contribution is 2.27. The van der Waals surface area contributed by atoms with E-state index in [0.717, 1.165) is 25.7 Å². The van der Waals surface area contributed by atoms with E-state index >= 15 is 0 Å². The predicted octanol–water partition coefficient (Wildman–Crippen LogP) is 2.70. The molecular formula is C8H12ClN. The minimum atomic E-state index is 0.391. The van der Waals surface area contributed by atoms with Crippen LogP contribution in [0.25, 0.3) is 4.85 Å². The molecule has 56 valence electrons. The fourth-order valence-corrected chi connectivity index (χ4v) is 1.69. The van der Waals surface area contributed by atoms with Crippen molar-refractivity contribution >= 4 is 11.6 Å². The summed E-state index contributed by atoms with van der Waals surface area (Å²) >= 11 is 5.90. The molecular weight excluding hydrogens is 146 g/mol. The third-order valence-electron chi connectivity index (χ3n) is 2.13. The smallest absolute Gasteiger partial charge is 0.217 e. The molecule has 0 aromatic carbocycles. The van der Waals surface area contributed by atoms with Gasteiger partial charge in [-0.3, -0.25) is 0 Å². The molecule has 0 heterocycles. The summed E-state index contributed by atoms with van der Waals surface area (Å²) in [6.07, 6.45) is 4.55. The van der Waals surface area contributed by atoms with Gasteiger partial charge in [0.15, 0.2) is 0 Å². The summed E-state index contributed by atoms with van der Waals surface area (Å²) in [4.78, 5) is 3.39. The molecule has 1 nitrogen and oxygen atoms in total. The van der Waals surface area contributed by atoms with Crippen LogP contribution in [0.4, 0.5) is 0 Å². The van der Waals surface area contributed by atoms with Crippen LogP contribution in [0.1, 0.15) is 25.7 Å². The van der Waals surface area contributed by atoms with E-state index in [-0.39, 0.29) is 0 Å². The first-order valence-electron chi connectivity index (χ1n) is 3.80. The van der Waals surface area contributed by atoms with Gasteiger partial charge in [-0.05, 0) is 25.7 Å². The van der Waals surface area contributed by atoms with Crippen molar-refractivity contribution in [2.45, 2.75) is 31.1 Å². The van der Waals surface area contributed by atoms with E-state index < -0.39 is 0 Å². The summed E-state index contributed by atoms with van der Waals surface area (Å²) in [7, 11) is 0. The number of rotatable bonds is 1. The van der Waals surface area contributed by atoms with Gasteiger partial charge in [0.05, 0.1) is 0 Å². The molecule has 1 saturated carbocycles. The molecule has 0 atom stereocenters. The summed E-state index contributed by atoms with van der Waals surface area (Å²) in [5, 5.41) is 0.391. The number of nitrogens with zero attached hydrogens (tertiary/aromatic N) is 1. The maximum absolute atomic E-state index is 6.68. The van der Waals surface area contributed by atoms with Gasteiger partial charge in [-0.25, -0.2) is 6.57 Å². The fraction of sp³-hybridized carbons (Fsp3) is 0.875. The zero-order valence-corrected chi connectivity index (χ0v) is 6.77. The van der Waals surface area contributed by atoms with Crippen LogP contribution in [0.3, 0.4) is 0 Å². The molecule has 2 heteroatoms. The van der Waals surface area contributed by atoms with E-state index in [1.165, 1.54) is 0 Å². The molecule has 1 fully saturated rings. The Morgan fingerprint density at radius 2 is 1.90 bits per heavy atom. The van der Waals surface area contributed by atoms with Crippen LogP contribution in [0.5, 0.6) is 0 Å². The van der Waals surface area contributed by atoms with E-state index in [1.54, 1.807) is 0 Å². The number of hydrogen-bond donors (Lipinski definition) is 0. The first-order valence-corrected chi connectivity index (χ1v) is 4.24. The molecule has 0 saturated heterocycles. The largest absolute Gasteiger partial charge is 0.317 e. The summed E-state index contributed by atoms with van der Waals surface area (Å²) < 4.78 is 0. The van der Waals surface area contributed by atoms with Crippen molar-refractivity contribution in [2.75, 3.05) is 6.54 Å². The molecule has 1 rings (SSSR count). The standard InChI is InChI=1S/C8H12ClN/c1-10-6-7-2-4-8(9)5-3-7/h7-8H,2-6H2. The monoisotopic (exact) mass is 157 g/mol. The minimum Gasteiger partial charge on any atom is -0.317 e. The van der Waals surface area contributed by atoms with Crippen molar-refractivity contribution in [2.24, 2.45) is 5.92 Å². The molecule has 1 aliphatic rings. The van der Waals surface area contributed by atoms with Gasteiger partial charge in [0.2, 0.25) is 6.54 Å². The maximum atomic E-state index is 6.68. The molecule has 0 N–H and O–H groups in total. The van der Waals surface area contributed by atoms with Gasteiger partial charge < -0.3 is 4.85 Å². The predicted molar refractivity (Wildman–Crippen MR) is 43.1 cm³/mol. The highest BCUT2D eigenvalue weighted by molar-refractivity contribution is 6.20. The SMILES string of the molecule is [C-]#[N+]CC1CCC(Cl)CC1. The van der Waals surface area contributed by atoms with Crippen LogP contribution in [0.2, 0.25) is 0 Å². The Labute approximate surface area is 67.2 Å². The first kappa shape index (κ1) is 7.88. The van der Waals surface area contributed by atoms with Gasteiger partial charge in [-0.15, -0.1) is 11.6 Å². The molecule has 0 radical (unpaired) electrons. The van der Waals surface area contributed by atoms with Gasteiger partial charge in [0, 0.05) is 11.3 Å². The van der Waals surface area contributed by atoms with Crippen LogP contribution in [-0.4, -0.2) is 11.9 Å². The van der Waals surface area contributed by atoms with Crippen LogP contribution >= 0.6 is 11.6 Å². The Bertz CT molecular complexity index is 131. The number of alkyl halides is 1. The van der Waals surface area contributed by atoms with Gasteiger partial charge in [-0.2, -0.15) is 0 Å². The third kappa shape index (κ3) is 2.19. The normalized spacial score (nSPS) is 33.2. The highest BCUT2D eigenvalue weighted by atomic mass is 35.5. The average Bonchev–Trinajstić information content (AvgIpc) is 1.95. The maximum Gasteiger partial charge on any atom is 0.217 e. The van der Waals surface area contributed by atoms with Crippen LogP contribution < -0.4 is 0 Å². The van der Waals surface area contributed by atoms with Crippen molar-refractivity contribution in [1.29, 1.82) is 0 Å². The average molecular weight is 158 g/mol. The lowest BCUT2D eigenvalue weighted by Crippen LogP contribution is -2.15. The van der Waals surface area contributed by atoms with E-state index in [4.69, 9.17) is 18.2 Å². The van der Waals surface area contributed by atoms with Crippen LogP contribution in [-0.2, 0) is 0 Å².